The Hall–Kier alpha value is -6.45. The normalized spacial score (nSPS) is 14.6. The lowest BCUT2D eigenvalue weighted by Gasteiger charge is -2.28. The van der Waals surface area contributed by atoms with Crippen LogP contribution in [0.4, 0.5) is 0 Å². The Morgan fingerprint density at radius 2 is 0.562 bits per heavy atom. The molecule has 2 atom stereocenters. The molecule has 532 valence electrons. The minimum absolute atomic E-state index is 0.0576. The van der Waals surface area contributed by atoms with Gasteiger partial charge in [-0.3, -0.25) is 14.2 Å². The summed E-state index contributed by atoms with van der Waals surface area (Å²) in [5, 5.41) is 0. The lowest BCUT2D eigenvalue weighted by Crippen LogP contribution is -2.37. The molecule has 0 aromatic rings. The number of carbonyl (C=O) groups is 2. The van der Waals surface area contributed by atoms with Crippen molar-refractivity contribution in [2.24, 2.45) is 0 Å². The summed E-state index contributed by atoms with van der Waals surface area (Å²) in [5.41, 5.74) is 0. The molecule has 0 spiro atoms. The number of quaternary nitrogens is 1. The molecular formula is C86H130NO8P. The molecule has 2 unspecified atom stereocenters. The second kappa shape index (κ2) is 72.8. The molecule has 9 nitrogen and oxygen atoms in total. The lowest BCUT2D eigenvalue weighted by molar-refractivity contribution is -0.870. The summed E-state index contributed by atoms with van der Waals surface area (Å²) in [6, 6.07) is 0. The van der Waals surface area contributed by atoms with Crippen LogP contribution in [0.5, 0.6) is 0 Å². The first kappa shape index (κ1) is 89.5. The number of ether oxygens (including phenoxy) is 2. The van der Waals surface area contributed by atoms with E-state index in [0.29, 0.717) is 23.9 Å². The predicted molar refractivity (Wildman–Crippen MR) is 414 cm³/mol. The zero-order chi connectivity index (χ0) is 69.7. The highest BCUT2D eigenvalue weighted by atomic mass is 31.2. The Kier molecular flexibility index (Phi) is 67.9. The average molecular weight is 1340 g/mol. The van der Waals surface area contributed by atoms with E-state index in [-0.39, 0.29) is 26.1 Å². The highest BCUT2D eigenvalue weighted by molar-refractivity contribution is 7.45. The summed E-state index contributed by atoms with van der Waals surface area (Å²) in [6.07, 6.45) is 121. The van der Waals surface area contributed by atoms with Gasteiger partial charge in [0.2, 0.25) is 0 Å². The van der Waals surface area contributed by atoms with Gasteiger partial charge in [-0.25, -0.2) is 0 Å². The van der Waals surface area contributed by atoms with E-state index in [2.05, 4.69) is 269 Å². The fourth-order valence-electron chi connectivity index (χ4n) is 8.57. The third kappa shape index (κ3) is 76.6. The summed E-state index contributed by atoms with van der Waals surface area (Å²) in [4.78, 5) is 38.1. The molecule has 0 aromatic carbocycles. The van der Waals surface area contributed by atoms with Crippen molar-refractivity contribution in [2.75, 3.05) is 47.5 Å². The van der Waals surface area contributed by atoms with Gasteiger partial charge in [-0.15, -0.1) is 0 Å². The Morgan fingerprint density at radius 3 is 0.833 bits per heavy atom. The molecule has 0 amide bonds. The molecule has 0 rings (SSSR count). The van der Waals surface area contributed by atoms with E-state index < -0.39 is 32.5 Å². The number of hydrogen-bond acceptors (Lipinski definition) is 8. The van der Waals surface area contributed by atoms with Gasteiger partial charge < -0.3 is 27.9 Å². The van der Waals surface area contributed by atoms with Crippen molar-refractivity contribution in [3.05, 3.63) is 255 Å². The van der Waals surface area contributed by atoms with Crippen LogP contribution < -0.4 is 4.89 Å². The number of phosphoric acid groups is 1. The molecule has 0 aliphatic rings. The maximum absolute atomic E-state index is 12.9. The van der Waals surface area contributed by atoms with Gasteiger partial charge in [0.1, 0.15) is 19.8 Å². The summed E-state index contributed by atoms with van der Waals surface area (Å²) in [7, 11) is 1.09. The van der Waals surface area contributed by atoms with Crippen molar-refractivity contribution in [3.63, 3.8) is 0 Å². The van der Waals surface area contributed by atoms with E-state index in [9.17, 15) is 19.0 Å². The molecule has 0 fully saturated rings. The lowest BCUT2D eigenvalue weighted by atomic mass is 10.1. The van der Waals surface area contributed by atoms with E-state index in [4.69, 9.17) is 18.5 Å². The van der Waals surface area contributed by atoms with Crippen LogP contribution in [-0.4, -0.2) is 70.0 Å². The summed E-state index contributed by atoms with van der Waals surface area (Å²) >= 11 is 0. The van der Waals surface area contributed by atoms with Crippen molar-refractivity contribution in [1.82, 2.24) is 0 Å². The third-order valence-corrected chi connectivity index (χ3v) is 15.0. The van der Waals surface area contributed by atoms with E-state index in [1.54, 1.807) is 0 Å². The van der Waals surface area contributed by atoms with Crippen molar-refractivity contribution in [1.29, 1.82) is 0 Å². The van der Waals surface area contributed by atoms with Gasteiger partial charge in [0.25, 0.3) is 7.82 Å². The molecule has 0 heterocycles. The maximum Gasteiger partial charge on any atom is 0.306 e. The van der Waals surface area contributed by atoms with Crippen LogP contribution >= 0.6 is 7.82 Å². The smallest absolute Gasteiger partial charge is 0.306 e. The minimum Gasteiger partial charge on any atom is -0.756 e. The number of rotatable bonds is 63. The molecule has 0 aromatic heterocycles. The SMILES string of the molecule is CC/C=C\C/C=C\C/C=C\C/C=C\C/C=C\C/C=C\C/C=C\C/C=C\C/C=C\C/C=C\C/C=C\CCCCCC(=O)OC(COC(=O)CCCCCC/C=C\C/C=C\C/C=C\C/C=C\C/C=C\C/C=C\C/C=C\C/C=C\C/C=C\C/C=C\CC)COP(=O)([O-])OCC[N+](C)(C)C. The van der Waals surface area contributed by atoms with Gasteiger partial charge in [0, 0.05) is 12.8 Å². The first-order valence-corrected chi connectivity index (χ1v) is 37.9. The summed E-state index contributed by atoms with van der Waals surface area (Å²) in [5.74, 6) is -0.925. The second-order valence-electron chi connectivity index (χ2n) is 24.1. The Morgan fingerprint density at radius 1 is 0.323 bits per heavy atom. The maximum atomic E-state index is 12.9. The van der Waals surface area contributed by atoms with Crippen molar-refractivity contribution < 1.29 is 42.1 Å². The highest BCUT2D eigenvalue weighted by Gasteiger charge is 2.22. The quantitative estimate of drug-likeness (QED) is 0.0195. The molecule has 10 heteroatoms. The molecule has 0 aliphatic carbocycles. The number of nitrogens with zero attached hydrogens (tertiary/aromatic N) is 1. The van der Waals surface area contributed by atoms with Crippen molar-refractivity contribution in [3.8, 4) is 0 Å². The van der Waals surface area contributed by atoms with Gasteiger partial charge in [-0.2, -0.15) is 0 Å². The van der Waals surface area contributed by atoms with Crippen LogP contribution in [0, 0.1) is 0 Å². The molecule has 0 bridgehead atoms. The number of carbonyl (C=O) groups excluding carboxylic acids is 2. The fraction of sp³-hybridized carbons (Fsp3) is 0.488. The highest BCUT2D eigenvalue weighted by Crippen LogP contribution is 2.38. The van der Waals surface area contributed by atoms with Gasteiger partial charge >= 0.3 is 11.9 Å². The Bertz CT molecular complexity index is 2570. The van der Waals surface area contributed by atoms with Crippen LogP contribution in [0.1, 0.15) is 219 Å². The molecule has 0 saturated heterocycles. The Balaban J connectivity index is 4.29. The topological polar surface area (TPSA) is 111 Å². The van der Waals surface area contributed by atoms with Gasteiger partial charge in [-0.05, 0) is 173 Å². The minimum atomic E-state index is -4.68. The number of unbranched alkanes of at least 4 members (excludes halogenated alkanes) is 7. The number of esters is 2. The largest absolute Gasteiger partial charge is 0.756 e. The van der Waals surface area contributed by atoms with Gasteiger partial charge in [-0.1, -0.05) is 288 Å². The number of hydrogen-bond donors (Lipinski definition) is 0. The molecule has 0 saturated carbocycles. The second-order valence-corrected chi connectivity index (χ2v) is 25.5. The molecule has 0 aliphatic heterocycles. The van der Waals surface area contributed by atoms with Gasteiger partial charge in [0.05, 0.1) is 27.7 Å². The van der Waals surface area contributed by atoms with Crippen LogP contribution in [0.3, 0.4) is 0 Å². The van der Waals surface area contributed by atoms with Crippen molar-refractivity contribution in [2.45, 2.75) is 225 Å². The predicted octanol–water partition coefficient (Wildman–Crippen LogP) is 23.9. The fourth-order valence-corrected chi connectivity index (χ4v) is 9.30. The molecular weight excluding hydrogens is 1210 g/mol. The summed E-state index contributed by atoms with van der Waals surface area (Å²) in [6.45, 7) is 3.90. The third-order valence-electron chi connectivity index (χ3n) is 14.1. The number of phosphoric ester groups is 1. The Labute approximate surface area is 586 Å². The van der Waals surface area contributed by atoms with E-state index >= 15 is 0 Å². The van der Waals surface area contributed by atoms with Crippen molar-refractivity contribution >= 4 is 19.8 Å². The number of allylic oxidation sites excluding steroid dienone is 42. The first-order chi connectivity index (χ1) is 47.0. The zero-order valence-corrected chi connectivity index (χ0v) is 61.3. The van der Waals surface area contributed by atoms with E-state index in [1.807, 2.05) is 21.1 Å². The van der Waals surface area contributed by atoms with E-state index in [0.717, 1.165) is 180 Å². The average Bonchev–Trinajstić information content (AvgIpc) is 2.72. The molecule has 0 N–H and O–H groups in total. The molecule has 96 heavy (non-hydrogen) atoms. The molecule has 0 radical (unpaired) electrons. The first-order valence-electron chi connectivity index (χ1n) is 36.4. The van der Waals surface area contributed by atoms with Gasteiger partial charge in [0.15, 0.2) is 6.10 Å². The van der Waals surface area contributed by atoms with Crippen LogP contribution in [0.15, 0.2) is 255 Å². The number of likely N-dealkylation sites (N-methyl/N-ethyl adjacent to an activating group) is 1. The van der Waals surface area contributed by atoms with Crippen LogP contribution in [0.25, 0.3) is 0 Å². The monoisotopic (exact) mass is 1340 g/mol. The standard InChI is InChI=1S/C86H130NO8P/c1-6-8-10-12-14-16-18-20-22-24-26-28-30-32-34-36-38-40-42-43-45-47-49-51-53-55-57-59-61-63-65-67-69-71-73-75-77-79-86(89)95-84(83-94-96(90,91)93-81-80-87(3,4)5)82-92-85(88)78-76-74-72-70-68-66-64-62-60-58-56-54-52-50-48-46-44-41-39-37-35-33-31-29-27-25-23-21-19-17-15-13-11-9-7-2/h8-11,14-17,20-23,26-29,32-35,38-41,43,45-46,48-49,51-52,54-55,57-58,60-61,63-64,66-67,69,84H,6-7,12-13,18-19,24-25,30-31,36-37,42,44,47,50,53,56,59,62,65,68,70-83H2,1-5H3/b10-8-,11-9-,16-14-,17-15-,22-20-,23-21-,28-26-,29-27-,34-32-,35-33-,40-38-,41-39-,45-43-,48-46-,51-49-,54-52-,57-55-,60-58-,63-61-,66-64-,69-67-. The van der Waals surface area contributed by atoms with Crippen LogP contribution in [0.2, 0.25) is 0 Å². The zero-order valence-electron chi connectivity index (χ0n) is 60.4. The van der Waals surface area contributed by atoms with E-state index in [1.165, 1.54) is 0 Å². The summed E-state index contributed by atoms with van der Waals surface area (Å²) < 4.78 is 34.2. The van der Waals surface area contributed by atoms with Crippen LogP contribution in [-0.2, 0) is 32.7 Å².